The molecule has 0 amide bonds. The number of hydrogen-bond acceptors (Lipinski definition) is 9. The van der Waals surface area contributed by atoms with Crippen molar-refractivity contribution in [2.24, 2.45) is 30.9 Å². The van der Waals surface area contributed by atoms with Crippen molar-refractivity contribution in [3.8, 4) is 0 Å². The van der Waals surface area contributed by atoms with E-state index in [-0.39, 0.29) is 12.1 Å². The Kier molecular flexibility index (Phi) is 8.29. The van der Waals surface area contributed by atoms with Crippen LogP contribution in [-0.4, -0.2) is 95.4 Å². The van der Waals surface area contributed by atoms with Gasteiger partial charge in [0.25, 0.3) is 0 Å². The molecule has 3 atom stereocenters. The van der Waals surface area contributed by atoms with Gasteiger partial charge in [-0.25, -0.2) is 10.0 Å². The lowest BCUT2D eigenvalue weighted by Gasteiger charge is -2.22. The molecule has 0 saturated carbocycles. The number of rotatable bonds is 6. The van der Waals surface area contributed by atoms with Gasteiger partial charge in [0.2, 0.25) is 0 Å². The number of hydrogen-bond donors (Lipinski definition) is 1. The minimum Gasteiger partial charge on any atom is -0.382 e. The van der Waals surface area contributed by atoms with Crippen LogP contribution in [-0.2, 0) is 0 Å². The lowest BCUT2D eigenvalue weighted by Crippen LogP contribution is -2.34. The summed E-state index contributed by atoms with van der Waals surface area (Å²) >= 11 is 0. The molecule has 0 aromatic rings. The summed E-state index contributed by atoms with van der Waals surface area (Å²) in [5.74, 6) is 1.34. The number of aliphatic imine (C=N–C) groups is 3. The lowest BCUT2D eigenvalue weighted by molar-refractivity contribution is 0.302. The molecule has 0 bridgehead atoms. The fraction of sp³-hybridized carbons (Fsp3) is 0.370. The zero-order valence-electron chi connectivity index (χ0n) is 22.0. The van der Waals surface area contributed by atoms with Crippen LogP contribution < -0.4 is 5.73 Å². The average Bonchev–Trinajstić information content (AvgIpc) is 3.32. The Labute approximate surface area is 219 Å². The summed E-state index contributed by atoms with van der Waals surface area (Å²) in [6.07, 6.45) is 22.0. The largest absolute Gasteiger partial charge is 0.382 e. The highest BCUT2D eigenvalue weighted by Crippen LogP contribution is 2.26. The Bertz CT molecular complexity index is 1180. The molecule has 1 fully saturated rings. The van der Waals surface area contributed by atoms with Crippen LogP contribution in [0.1, 0.15) is 20.3 Å². The van der Waals surface area contributed by atoms with Gasteiger partial charge in [-0.05, 0) is 44.8 Å². The second kappa shape index (κ2) is 11.8. The van der Waals surface area contributed by atoms with Crippen LogP contribution in [0.15, 0.2) is 97.7 Å². The highest BCUT2D eigenvalue weighted by atomic mass is 15.5. The molecule has 2 N–H and O–H groups in total. The van der Waals surface area contributed by atoms with Crippen LogP contribution in [0, 0.1) is 0 Å². The number of hydrazone groups is 2. The molecule has 5 aliphatic heterocycles. The van der Waals surface area contributed by atoms with E-state index in [2.05, 4.69) is 51.9 Å². The molecule has 0 aromatic carbocycles. The van der Waals surface area contributed by atoms with Crippen LogP contribution in [0.25, 0.3) is 0 Å². The maximum absolute atomic E-state index is 6.51. The summed E-state index contributed by atoms with van der Waals surface area (Å²) in [4.78, 5) is 18.7. The Hall–Kier alpha value is -4.05. The van der Waals surface area contributed by atoms with Crippen molar-refractivity contribution in [1.29, 1.82) is 0 Å². The Morgan fingerprint density at radius 3 is 2.76 bits per heavy atom. The number of fused-ring (bicyclic) bond motifs is 1. The van der Waals surface area contributed by atoms with Crippen molar-refractivity contribution in [2.45, 2.75) is 38.4 Å². The van der Waals surface area contributed by atoms with Gasteiger partial charge >= 0.3 is 0 Å². The van der Waals surface area contributed by atoms with Gasteiger partial charge < -0.3 is 15.5 Å². The zero-order chi connectivity index (χ0) is 26.4. The van der Waals surface area contributed by atoms with Crippen molar-refractivity contribution >= 4 is 30.3 Å². The van der Waals surface area contributed by atoms with E-state index in [4.69, 9.17) is 15.7 Å². The smallest absolute Gasteiger partial charge is 0.155 e. The fourth-order valence-electron chi connectivity index (χ4n) is 4.35. The third-order valence-corrected chi connectivity index (χ3v) is 6.45. The summed E-state index contributed by atoms with van der Waals surface area (Å²) in [6.45, 7) is 9.58. The SMILES string of the molecule is C=NN1C=CC=C\C1=C/N=C(/C=C1N=C/1N1CCC(N(C)C)C1)C(N)=NC1C=NN2C=CC=CC12.CC. The molecule has 0 aliphatic carbocycles. The van der Waals surface area contributed by atoms with Gasteiger partial charge in [-0.2, -0.15) is 10.2 Å². The predicted molar refractivity (Wildman–Crippen MR) is 154 cm³/mol. The van der Waals surface area contributed by atoms with Crippen LogP contribution in [0.3, 0.4) is 0 Å². The third kappa shape index (κ3) is 6.03. The van der Waals surface area contributed by atoms with Crippen LogP contribution in [0.2, 0.25) is 0 Å². The molecule has 5 rings (SSSR count). The van der Waals surface area contributed by atoms with Gasteiger partial charge in [-0.3, -0.25) is 15.0 Å². The third-order valence-electron chi connectivity index (χ3n) is 6.45. The molecule has 194 valence electrons. The monoisotopic (exact) mass is 500 g/mol. The Morgan fingerprint density at radius 1 is 1.19 bits per heavy atom. The van der Waals surface area contributed by atoms with Gasteiger partial charge in [-0.1, -0.05) is 32.1 Å². The molecule has 5 aliphatic rings. The first-order valence-electron chi connectivity index (χ1n) is 12.7. The van der Waals surface area contributed by atoms with Crippen molar-refractivity contribution in [1.82, 2.24) is 19.8 Å². The molecule has 0 spiro atoms. The predicted octanol–water partition coefficient (Wildman–Crippen LogP) is 2.71. The van der Waals surface area contributed by atoms with Crippen molar-refractivity contribution in [3.63, 3.8) is 0 Å². The second-order valence-electron chi connectivity index (χ2n) is 8.94. The number of likely N-dealkylation sites (tertiary alicyclic amines) is 1. The zero-order valence-corrected chi connectivity index (χ0v) is 22.0. The summed E-state index contributed by atoms with van der Waals surface area (Å²) in [7, 11) is 4.24. The number of likely N-dealkylation sites (N-methyl/N-ethyl adjacent to an activating group) is 1. The maximum atomic E-state index is 6.51. The first-order valence-corrected chi connectivity index (χ1v) is 12.7. The van der Waals surface area contributed by atoms with E-state index in [1.54, 1.807) is 11.2 Å². The van der Waals surface area contributed by atoms with E-state index in [0.29, 0.717) is 17.6 Å². The summed E-state index contributed by atoms with van der Waals surface area (Å²) in [5.41, 5.74) is 8.71. The molecular weight excluding hydrogens is 464 g/mol. The van der Waals surface area contributed by atoms with Gasteiger partial charge in [0.1, 0.15) is 23.3 Å². The Balaban J connectivity index is 0.00000156. The molecule has 5 heterocycles. The van der Waals surface area contributed by atoms with E-state index in [1.807, 2.05) is 73.9 Å². The average molecular weight is 501 g/mol. The lowest BCUT2D eigenvalue weighted by atomic mass is 10.1. The maximum Gasteiger partial charge on any atom is 0.155 e. The Morgan fingerprint density at radius 2 is 2.00 bits per heavy atom. The summed E-state index contributed by atoms with van der Waals surface area (Å²) in [5, 5.41) is 11.9. The molecule has 3 unspecified atom stereocenters. The van der Waals surface area contributed by atoms with E-state index in [1.165, 1.54) is 0 Å². The number of allylic oxidation sites excluding steroid dienone is 5. The summed E-state index contributed by atoms with van der Waals surface area (Å²) in [6, 6.07) is 0.350. The van der Waals surface area contributed by atoms with Gasteiger partial charge in [0, 0.05) is 38.2 Å². The summed E-state index contributed by atoms with van der Waals surface area (Å²) < 4.78 is 0. The van der Waals surface area contributed by atoms with Crippen LogP contribution >= 0.6 is 0 Å². The van der Waals surface area contributed by atoms with E-state index >= 15 is 0 Å². The van der Waals surface area contributed by atoms with Crippen molar-refractivity contribution in [3.05, 3.63) is 72.5 Å². The van der Waals surface area contributed by atoms with E-state index in [0.717, 1.165) is 36.7 Å². The standard InChI is InChI=1S/C25H30N10.C2H6/c1-27-34-11-6-4-8-18(34)15-28-20(14-21-25(31-21)33-13-10-19(17-33)32(2)3)24(26)30-22-16-29-35-12-7-5-9-23(22)35;1-2/h4-9,11-12,14-16,19,22-23H,1,10,13,17H2,2-3H3,(H2,26,30);1-2H3/b18-15+,21-14+,28-20-;. The van der Waals surface area contributed by atoms with E-state index < -0.39 is 0 Å². The molecule has 1 saturated heterocycles. The fourth-order valence-corrected chi connectivity index (χ4v) is 4.35. The van der Waals surface area contributed by atoms with Crippen LogP contribution in [0.4, 0.5) is 0 Å². The quantitative estimate of drug-likeness (QED) is 0.446. The molecule has 10 nitrogen and oxygen atoms in total. The molecular formula is C27H36N10. The highest BCUT2D eigenvalue weighted by molar-refractivity contribution is 6.46. The molecule has 0 radical (unpaired) electrons. The van der Waals surface area contributed by atoms with Crippen molar-refractivity contribution < 1.29 is 0 Å². The second-order valence-corrected chi connectivity index (χ2v) is 8.94. The first kappa shape index (κ1) is 26.0. The number of nitrogens with two attached hydrogens (primary N) is 1. The molecule has 10 heteroatoms. The van der Waals surface area contributed by atoms with Gasteiger partial charge in [0.15, 0.2) is 5.84 Å². The molecule has 37 heavy (non-hydrogen) atoms. The van der Waals surface area contributed by atoms with Crippen LogP contribution in [0.5, 0.6) is 0 Å². The van der Waals surface area contributed by atoms with Gasteiger partial charge in [0.05, 0.1) is 24.2 Å². The van der Waals surface area contributed by atoms with Crippen molar-refractivity contribution in [2.75, 3.05) is 27.2 Å². The topological polar surface area (TPSA) is 101 Å². The van der Waals surface area contributed by atoms with Gasteiger partial charge in [-0.15, -0.1) is 0 Å². The normalized spacial score (nSPS) is 28.3. The first-order chi connectivity index (χ1) is 18.0. The van der Waals surface area contributed by atoms with E-state index in [9.17, 15) is 0 Å². The molecule has 0 aromatic heterocycles. The minimum absolute atomic E-state index is 0.0120. The number of nitrogens with zero attached hydrogens (tertiary/aromatic N) is 9. The highest BCUT2D eigenvalue weighted by Gasteiger charge is 2.34. The number of amidine groups is 2. The minimum atomic E-state index is -0.199.